The fraction of sp³-hybridized carbons (Fsp3) is 0.529. The van der Waals surface area contributed by atoms with Crippen LogP contribution in [0.1, 0.15) is 27.2 Å². The Kier molecular flexibility index (Phi) is 4.77. The summed E-state index contributed by atoms with van der Waals surface area (Å²) in [5.41, 5.74) is 0.988. The van der Waals surface area contributed by atoms with Gasteiger partial charge in [-0.15, -0.1) is 0 Å². The number of piperidine rings is 1. The van der Waals surface area contributed by atoms with Crippen molar-refractivity contribution in [1.29, 1.82) is 0 Å². The van der Waals surface area contributed by atoms with Crippen molar-refractivity contribution in [2.24, 2.45) is 0 Å². The lowest BCUT2D eigenvalue weighted by molar-refractivity contribution is 0.0465. The standard InChI is InChI=1S/C17H22ClFN4O2/c1-17(2,3)25-16(24)22-14-9-23(7-6-11(14)19)15-20-12-5-4-10(18)8-13(12)21-15/h4-5,8,11,14H,6-7,9H2,1-3H3,(H,20,21)(H,22,24)/t11-,14-/m1/s1. The molecule has 0 aliphatic carbocycles. The van der Waals surface area contributed by atoms with Crippen LogP contribution in [0.2, 0.25) is 5.02 Å². The largest absolute Gasteiger partial charge is 0.444 e. The molecule has 0 spiro atoms. The van der Waals surface area contributed by atoms with E-state index in [9.17, 15) is 9.18 Å². The number of nitrogens with one attached hydrogen (secondary N) is 2. The summed E-state index contributed by atoms with van der Waals surface area (Å²) in [6.45, 7) is 6.14. The number of aromatic amines is 1. The number of benzene rings is 1. The van der Waals surface area contributed by atoms with Crippen molar-refractivity contribution in [3.05, 3.63) is 23.2 Å². The number of hydrogen-bond acceptors (Lipinski definition) is 4. The summed E-state index contributed by atoms with van der Waals surface area (Å²) in [4.78, 5) is 21.6. The molecule has 6 nitrogen and oxygen atoms in total. The number of imidazole rings is 1. The second kappa shape index (κ2) is 6.71. The molecular weight excluding hydrogens is 347 g/mol. The van der Waals surface area contributed by atoms with Gasteiger partial charge in [-0.2, -0.15) is 0 Å². The third kappa shape index (κ3) is 4.34. The van der Waals surface area contributed by atoms with Gasteiger partial charge in [0.25, 0.3) is 0 Å². The van der Waals surface area contributed by atoms with Crippen LogP contribution in [0, 0.1) is 0 Å². The van der Waals surface area contributed by atoms with Crippen LogP contribution >= 0.6 is 11.6 Å². The number of aromatic nitrogens is 2. The van der Waals surface area contributed by atoms with Crippen molar-refractivity contribution >= 4 is 34.7 Å². The van der Waals surface area contributed by atoms with Gasteiger partial charge in [0.15, 0.2) is 0 Å². The number of ether oxygens (including phenoxy) is 1. The lowest BCUT2D eigenvalue weighted by Crippen LogP contribution is -2.54. The molecule has 1 saturated heterocycles. The average molecular weight is 369 g/mol. The number of carbonyl (C=O) groups is 1. The number of nitrogens with zero attached hydrogens (tertiary/aromatic N) is 2. The minimum absolute atomic E-state index is 0.304. The number of hydrogen-bond donors (Lipinski definition) is 2. The van der Waals surface area contributed by atoms with E-state index < -0.39 is 23.9 Å². The minimum Gasteiger partial charge on any atom is -0.444 e. The van der Waals surface area contributed by atoms with Gasteiger partial charge in [-0.1, -0.05) is 11.6 Å². The van der Waals surface area contributed by atoms with Gasteiger partial charge in [0.2, 0.25) is 5.95 Å². The van der Waals surface area contributed by atoms with E-state index in [1.54, 1.807) is 32.9 Å². The maximum Gasteiger partial charge on any atom is 0.408 e. The van der Waals surface area contributed by atoms with Gasteiger partial charge in [0, 0.05) is 18.1 Å². The number of rotatable bonds is 2. The van der Waals surface area contributed by atoms with Crippen LogP contribution in [0.25, 0.3) is 11.0 Å². The highest BCUT2D eigenvalue weighted by atomic mass is 35.5. The van der Waals surface area contributed by atoms with Crippen molar-refractivity contribution in [2.75, 3.05) is 18.0 Å². The van der Waals surface area contributed by atoms with E-state index in [1.807, 2.05) is 11.0 Å². The summed E-state index contributed by atoms with van der Waals surface area (Å²) >= 11 is 5.99. The van der Waals surface area contributed by atoms with Gasteiger partial charge in [-0.05, 0) is 45.4 Å². The van der Waals surface area contributed by atoms with Crippen LogP contribution in [0.4, 0.5) is 15.1 Å². The van der Waals surface area contributed by atoms with Crippen LogP contribution in [0.3, 0.4) is 0 Å². The van der Waals surface area contributed by atoms with Crippen LogP contribution < -0.4 is 10.2 Å². The van der Waals surface area contributed by atoms with Gasteiger partial charge in [-0.3, -0.25) is 0 Å². The Bertz CT molecular complexity index is 774. The van der Waals surface area contributed by atoms with Crippen LogP contribution in [-0.4, -0.2) is 47.0 Å². The third-order valence-electron chi connectivity index (χ3n) is 3.96. The zero-order valence-corrected chi connectivity index (χ0v) is 15.2. The van der Waals surface area contributed by atoms with Crippen LogP contribution in [0.5, 0.6) is 0 Å². The SMILES string of the molecule is CC(C)(C)OC(=O)N[C@@H]1CN(c2nc3ccc(Cl)cc3[nH]2)CC[C@H]1F. The van der Waals surface area contributed by atoms with Gasteiger partial charge in [0.05, 0.1) is 17.1 Å². The van der Waals surface area contributed by atoms with Crippen LogP contribution in [-0.2, 0) is 4.74 Å². The smallest absolute Gasteiger partial charge is 0.408 e. The van der Waals surface area contributed by atoms with Crippen molar-refractivity contribution < 1.29 is 13.9 Å². The number of carbonyl (C=O) groups excluding carboxylic acids is 1. The quantitative estimate of drug-likeness (QED) is 0.848. The molecule has 1 aromatic carbocycles. The first-order valence-corrected chi connectivity index (χ1v) is 8.63. The second-order valence-corrected chi connectivity index (χ2v) is 7.66. The number of halogens is 2. The number of amides is 1. The van der Waals surface area contributed by atoms with Crippen molar-refractivity contribution in [2.45, 2.75) is 45.0 Å². The predicted molar refractivity (Wildman–Crippen MR) is 96.0 cm³/mol. The van der Waals surface area contributed by atoms with Gasteiger partial charge in [-0.25, -0.2) is 14.2 Å². The topological polar surface area (TPSA) is 70.2 Å². The molecule has 1 aliphatic heterocycles. The molecule has 2 N–H and O–H groups in total. The summed E-state index contributed by atoms with van der Waals surface area (Å²) in [6, 6.07) is 4.75. The summed E-state index contributed by atoms with van der Waals surface area (Å²) in [7, 11) is 0. The minimum atomic E-state index is -1.12. The zero-order chi connectivity index (χ0) is 18.2. The first-order valence-electron chi connectivity index (χ1n) is 8.25. The van der Waals surface area contributed by atoms with Gasteiger partial charge in [0.1, 0.15) is 11.8 Å². The van der Waals surface area contributed by atoms with Gasteiger partial charge < -0.3 is 19.9 Å². The third-order valence-corrected chi connectivity index (χ3v) is 4.20. The lowest BCUT2D eigenvalue weighted by Gasteiger charge is -2.35. The fourth-order valence-corrected chi connectivity index (χ4v) is 3.00. The first-order chi connectivity index (χ1) is 11.7. The Balaban J connectivity index is 1.71. The summed E-state index contributed by atoms with van der Waals surface area (Å²) in [5, 5.41) is 3.25. The monoisotopic (exact) mass is 368 g/mol. The maximum absolute atomic E-state index is 14.2. The number of alkyl halides is 1. The Morgan fingerprint density at radius 2 is 2.24 bits per heavy atom. The highest BCUT2D eigenvalue weighted by molar-refractivity contribution is 6.31. The molecule has 8 heteroatoms. The summed E-state index contributed by atoms with van der Waals surface area (Å²) in [5.74, 6) is 0.639. The molecule has 0 bridgehead atoms. The average Bonchev–Trinajstić information content (AvgIpc) is 2.90. The van der Waals surface area contributed by atoms with E-state index >= 15 is 0 Å². The highest BCUT2D eigenvalue weighted by Gasteiger charge is 2.32. The van der Waals surface area contributed by atoms with Crippen molar-refractivity contribution in [3.8, 4) is 0 Å². The highest BCUT2D eigenvalue weighted by Crippen LogP contribution is 2.24. The molecule has 3 rings (SSSR count). The molecule has 2 heterocycles. The second-order valence-electron chi connectivity index (χ2n) is 7.23. The first kappa shape index (κ1) is 17.8. The van der Waals surface area contributed by atoms with E-state index in [-0.39, 0.29) is 0 Å². The van der Waals surface area contributed by atoms with Crippen molar-refractivity contribution in [3.63, 3.8) is 0 Å². The molecule has 1 fully saturated rings. The molecular formula is C17H22ClFN4O2. The molecule has 2 aromatic rings. The summed E-state index contributed by atoms with van der Waals surface area (Å²) < 4.78 is 19.5. The molecule has 1 amide bonds. The van der Waals surface area contributed by atoms with E-state index in [4.69, 9.17) is 16.3 Å². The predicted octanol–water partition coefficient (Wildman–Crippen LogP) is 3.66. The molecule has 1 aliphatic rings. The Morgan fingerprint density at radius 3 is 2.96 bits per heavy atom. The Labute approximate surface area is 150 Å². The molecule has 0 radical (unpaired) electrons. The van der Waals surface area contributed by atoms with Gasteiger partial charge >= 0.3 is 6.09 Å². The van der Waals surface area contributed by atoms with E-state index in [0.29, 0.717) is 30.5 Å². The molecule has 0 unspecified atom stereocenters. The Hall–Kier alpha value is -2.02. The number of fused-ring (bicyclic) bond motifs is 1. The van der Waals surface area contributed by atoms with E-state index in [2.05, 4.69) is 15.3 Å². The molecule has 25 heavy (non-hydrogen) atoms. The molecule has 1 aromatic heterocycles. The molecule has 0 saturated carbocycles. The van der Waals surface area contributed by atoms with E-state index in [0.717, 1.165) is 11.0 Å². The Morgan fingerprint density at radius 1 is 1.48 bits per heavy atom. The maximum atomic E-state index is 14.2. The fourth-order valence-electron chi connectivity index (χ4n) is 2.83. The number of alkyl carbamates (subject to hydrolysis) is 1. The van der Waals surface area contributed by atoms with Crippen molar-refractivity contribution in [1.82, 2.24) is 15.3 Å². The van der Waals surface area contributed by atoms with E-state index in [1.165, 1.54) is 0 Å². The normalized spacial score (nSPS) is 21.4. The summed E-state index contributed by atoms with van der Waals surface area (Å²) in [6.07, 6.45) is -1.43. The van der Waals surface area contributed by atoms with Crippen LogP contribution in [0.15, 0.2) is 18.2 Å². The molecule has 136 valence electrons. The zero-order valence-electron chi connectivity index (χ0n) is 14.5. The number of anilines is 1. The number of H-pyrrole nitrogens is 1. The molecule has 2 atom stereocenters. The lowest BCUT2D eigenvalue weighted by atomic mass is 10.0.